The molecule has 35 heavy (non-hydrogen) atoms. The van der Waals surface area contributed by atoms with Crippen LogP contribution in [0.15, 0.2) is 78.0 Å². The molecular weight excluding hydrogens is 466 g/mol. The van der Waals surface area contributed by atoms with Gasteiger partial charge in [-0.2, -0.15) is 0 Å². The molecule has 0 saturated carbocycles. The van der Waals surface area contributed by atoms with Gasteiger partial charge in [-0.25, -0.2) is 0 Å². The average molecular weight is 490 g/mol. The molecule has 0 radical (unpaired) electrons. The van der Waals surface area contributed by atoms with E-state index >= 15 is 0 Å². The number of benzene rings is 3. The number of aromatic nitrogens is 3. The van der Waals surface area contributed by atoms with Crippen LogP contribution in [0.2, 0.25) is 0 Å². The fraction of sp³-hybridized carbons (Fsp3) is 0.160. The third kappa shape index (κ3) is 5.67. The van der Waals surface area contributed by atoms with Gasteiger partial charge >= 0.3 is 0 Å². The Balaban J connectivity index is 1.52. The molecule has 0 saturated heterocycles. The number of carbonyl (C=O) groups excluding carboxylic acids is 1. The molecular formula is C25H23N5O4S. The molecule has 4 rings (SSSR count). The summed E-state index contributed by atoms with van der Waals surface area (Å²) in [6, 6.07) is 21.3. The van der Waals surface area contributed by atoms with Crippen molar-refractivity contribution in [3.8, 4) is 22.8 Å². The molecule has 0 fully saturated rings. The van der Waals surface area contributed by atoms with E-state index in [0.717, 1.165) is 22.7 Å². The maximum Gasteiger partial charge on any atom is 0.270 e. The summed E-state index contributed by atoms with van der Waals surface area (Å²) >= 11 is 1.39. The number of aryl methyl sites for hydroxylation is 1. The molecule has 178 valence electrons. The van der Waals surface area contributed by atoms with Crippen LogP contribution in [0.4, 0.5) is 11.4 Å². The first kappa shape index (κ1) is 24.0. The Morgan fingerprint density at radius 2 is 1.89 bits per heavy atom. The van der Waals surface area contributed by atoms with E-state index in [-0.39, 0.29) is 18.0 Å². The zero-order valence-electron chi connectivity index (χ0n) is 19.2. The van der Waals surface area contributed by atoms with Crippen molar-refractivity contribution in [1.82, 2.24) is 14.8 Å². The van der Waals surface area contributed by atoms with Gasteiger partial charge in [-0.1, -0.05) is 42.1 Å². The first-order valence-corrected chi connectivity index (χ1v) is 11.8. The minimum Gasteiger partial charge on any atom is -0.497 e. The lowest BCUT2D eigenvalue weighted by Gasteiger charge is -2.11. The Bertz CT molecular complexity index is 1360. The molecule has 1 aromatic heterocycles. The van der Waals surface area contributed by atoms with Gasteiger partial charge in [0, 0.05) is 41.2 Å². The summed E-state index contributed by atoms with van der Waals surface area (Å²) in [6.07, 6.45) is 0.268. The number of hydrogen-bond acceptors (Lipinski definition) is 7. The number of ether oxygens (including phenoxy) is 1. The van der Waals surface area contributed by atoms with Crippen LogP contribution in [0.3, 0.4) is 0 Å². The number of nitro groups is 1. The molecule has 0 unspecified atom stereocenters. The summed E-state index contributed by atoms with van der Waals surface area (Å²) in [6.45, 7) is 1.91. The maximum atomic E-state index is 12.5. The number of carbonyl (C=O) groups is 1. The molecule has 1 heterocycles. The van der Waals surface area contributed by atoms with Gasteiger partial charge in [0.2, 0.25) is 5.91 Å². The SMILES string of the molecule is COc1ccc(NC(=O)CCSc2nnc(-c3cccc([N+](=O)[O-])c3)n2-c2ccccc2)c(C)c1. The first-order valence-electron chi connectivity index (χ1n) is 10.8. The van der Waals surface area contributed by atoms with Crippen molar-refractivity contribution >= 4 is 29.0 Å². The molecule has 0 aliphatic carbocycles. The highest BCUT2D eigenvalue weighted by atomic mass is 32.2. The summed E-state index contributed by atoms with van der Waals surface area (Å²) in [7, 11) is 1.60. The minimum absolute atomic E-state index is 0.0233. The van der Waals surface area contributed by atoms with Crippen LogP contribution in [0, 0.1) is 17.0 Å². The number of hydrogen-bond donors (Lipinski definition) is 1. The third-order valence-corrected chi connectivity index (χ3v) is 6.16. The van der Waals surface area contributed by atoms with Crippen LogP contribution in [-0.4, -0.2) is 38.5 Å². The van der Waals surface area contributed by atoms with Gasteiger partial charge in [0.05, 0.1) is 12.0 Å². The number of methoxy groups -OCH3 is 1. The number of nitrogens with zero attached hydrogens (tertiary/aromatic N) is 4. The number of amides is 1. The highest BCUT2D eigenvalue weighted by Gasteiger charge is 2.18. The summed E-state index contributed by atoms with van der Waals surface area (Å²) in [5, 5.41) is 23.4. The lowest BCUT2D eigenvalue weighted by Crippen LogP contribution is -2.13. The predicted octanol–water partition coefficient (Wildman–Crippen LogP) is 5.28. The highest BCUT2D eigenvalue weighted by Crippen LogP contribution is 2.30. The van der Waals surface area contributed by atoms with E-state index in [4.69, 9.17) is 4.74 Å². The van der Waals surface area contributed by atoms with Crippen molar-refractivity contribution in [2.75, 3.05) is 18.2 Å². The first-order chi connectivity index (χ1) is 17.0. The fourth-order valence-electron chi connectivity index (χ4n) is 3.47. The summed E-state index contributed by atoms with van der Waals surface area (Å²) in [4.78, 5) is 23.3. The molecule has 0 atom stereocenters. The Kier molecular flexibility index (Phi) is 7.41. The van der Waals surface area contributed by atoms with Crippen molar-refractivity contribution < 1.29 is 14.5 Å². The second kappa shape index (κ2) is 10.8. The van der Waals surface area contributed by atoms with E-state index in [0.29, 0.717) is 22.3 Å². The van der Waals surface area contributed by atoms with Crippen molar-refractivity contribution in [3.05, 3.63) is 88.5 Å². The maximum absolute atomic E-state index is 12.5. The zero-order chi connectivity index (χ0) is 24.8. The molecule has 0 aliphatic heterocycles. The van der Waals surface area contributed by atoms with Gasteiger partial charge in [0.25, 0.3) is 5.69 Å². The molecule has 1 N–H and O–H groups in total. The number of non-ortho nitro benzene ring substituents is 1. The van der Waals surface area contributed by atoms with E-state index in [1.807, 2.05) is 54.0 Å². The Morgan fingerprint density at radius 1 is 1.09 bits per heavy atom. The average Bonchev–Trinajstić information content (AvgIpc) is 3.29. The van der Waals surface area contributed by atoms with E-state index < -0.39 is 4.92 Å². The largest absolute Gasteiger partial charge is 0.497 e. The summed E-state index contributed by atoms with van der Waals surface area (Å²) < 4.78 is 7.05. The van der Waals surface area contributed by atoms with Crippen LogP contribution in [-0.2, 0) is 4.79 Å². The number of para-hydroxylation sites is 1. The molecule has 9 nitrogen and oxygen atoms in total. The summed E-state index contributed by atoms with van der Waals surface area (Å²) in [5.74, 6) is 1.58. The topological polar surface area (TPSA) is 112 Å². The lowest BCUT2D eigenvalue weighted by molar-refractivity contribution is -0.384. The second-order valence-corrected chi connectivity index (χ2v) is 8.67. The highest BCUT2D eigenvalue weighted by molar-refractivity contribution is 7.99. The number of nitro benzene ring substituents is 1. The van der Waals surface area contributed by atoms with Crippen molar-refractivity contribution in [1.29, 1.82) is 0 Å². The van der Waals surface area contributed by atoms with E-state index in [2.05, 4.69) is 15.5 Å². The Labute approximate surface area is 206 Å². The van der Waals surface area contributed by atoms with Crippen LogP contribution in [0.1, 0.15) is 12.0 Å². The number of thioether (sulfide) groups is 1. The van der Waals surface area contributed by atoms with Gasteiger partial charge < -0.3 is 10.1 Å². The zero-order valence-corrected chi connectivity index (χ0v) is 20.0. The van der Waals surface area contributed by atoms with Crippen LogP contribution >= 0.6 is 11.8 Å². The van der Waals surface area contributed by atoms with E-state index in [1.165, 1.54) is 23.9 Å². The normalized spacial score (nSPS) is 10.7. The standard InChI is InChI=1S/C25H23N5O4S/c1-17-15-21(34-2)11-12-22(17)26-23(31)13-14-35-25-28-27-24(29(25)19-8-4-3-5-9-19)18-7-6-10-20(16-18)30(32)33/h3-12,15-16H,13-14H2,1-2H3,(H,26,31). The molecule has 4 aromatic rings. The van der Waals surface area contributed by atoms with E-state index in [9.17, 15) is 14.9 Å². The Morgan fingerprint density at radius 3 is 2.60 bits per heavy atom. The summed E-state index contributed by atoms with van der Waals surface area (Å²) in [5.41, 5.74) is 3.02. The second-order valence-electron chi connectivity index (χ2n) is 7.61. The van der Waals surface area contributed by atoms with Crippen LogP contribution in [0.25, 0.3) is 17.1 Å². The lowest BCUT2D eigenvalue weighted by atomic mass is 10.2. The fourth-order valence-corrected chi connectivity index (χ4v) is 4.36. The molecule has 0 bridgehead atoms. The number of nitrogens with one attached hydrogen (secondary N) is 1. The molecule has 3 aromatic carbocycles. The predicted molar refractivity (Wildman–Crippen MR) is 135 cm³/mol. The Hall–Kier alpha value is -4.18. The van der Waals surface area contributed by atoms with Gasteiger partial charge in [-0.05, 0) is 42.8 Å². The van der Waals surface area contributed by atoms with Crippen LogP contribution < -0.4 is 10.1 Å². The number of rotatable bonds is 9. The van der Waals surface area contributed by atoms with Gasteiger partial charge in [-0.15, -0.1) is 10.2 Å². The molecule has 1 amide bonds. The minimum atomic E-state index is -0.439. The van der Waals surface area contributed by atoms with E-state index in [1.54, 1.807) is 25.3 Å². The van der Waals surface area contributed by atoms with Gasteiger partial charge in [0.1, 0.15) is 5.75 Å². The third-order valence-electron chi connectivity index (χ3n) is 5.23. The molecule has 10 heteroatoms. The smallest absolute Gasteiger partial charge is 0.270 e. The van der Waals surface area contributed by atoms with Crippen molar-refractivity contribution in [2.24, 2.45) is 0 Å². The van der Waals surface area contributed by atoms with Gasteiger partial charge in [-0.3, -0.25) is 19.5 Å². The van der Waals surface area contributed by atoms with Gasteiger partial charge in [0.15, 0.2) is 11.0 Å². The quantitative estimate of drug-likeness (QED) is 0.193. The van der Waals surface area contributed by atoms with Crippen molar-refractivity contribution in [3.63, 3.8) is 0 Å². The van der Waals surface area contributed by atoms with Crippen molar-refractivity contribution in [2.45, 2.75) is 18.5 Å². The molecule has 0 spiro atoms. The monoisotopic (exact) mass is 489 g/mol. The van der Waals surface area contributed by atoms with Crippen LogP contribution in [0.5, 0.6) is 5.75 Å². The molecule has 0 aliphatic rings. The number of anilines is 1.